The molecule has 2 aliphatic carbocycles. The Morgan fingerprint density at radius 2 is 1.80 bits per heavy atom. The van der Waals surface area contributed by atoms with Crippen LogP contribution in [0.15, 0.2) is 24.3 Å². The van der Waals surface area contributed by atoms with Crippen LogP contribution in [-0.2, 0) is 24.4 Å². The van der Waals surface area contributed by atoms with Crippen molar-refractivity contribution in [3.63, 3.8) is 0 Å². The van der Waals surface area contributed by atoms with Crippen molar-refractivity contribution in [3.05, 3.63) is 30.0 Å². The Morgan fingerprint density at radius 1 is 1.09 bits per heavy atom. The summed E-state index contributed by atoms with van der Waals surface area (Å²) < 4.78 is 63.4. The van der Waals surface area contributed by atoms with Crippen LogP contribution in [0.2, 0.25) is 0 Å². The molecule has 1 aromatic heterocycles. The number of hydrogen-bond donors (Lipinski definition) is 3. The van der Waals surface area contributed by atoms with Gasteiger partial charge in [-0.15, -0.1) is 0 Å². The molecule has 2 aromatic rings. The summed E-state index contributed by atoms with van der Waals surface area (Å²) in [5.74, 6) is -6.15. The average Bonchev–Trinajstić information content (AvgIpc) is 3.90. The summed E-state index contributed by atoms with van der Waals surface area (Å²) in [7, 11) is -4.01. The van der Waals surface area contributed by atoms with Crippen LogP contribution in [0.1, 0.15) is 69.9 Å². The average molecular weight is 649 g/mol. The topological polar surface area (TPSA) is 174 Å². The lowest BCUT2D eigenvalue weighted by Gasteiger charge is -2.28. The van der Waals surface area contributed by atoms with Gasteiger partial charge in [-0.05, 0) is 57.1 Å². The highest BCUT2D eigenvalue weighted by Gasteiger charge is 2.65. The Kier molecular flexibility index (Phi) is 8.21. The van der Waals surface area contributed by atoms with Crippen molar-refractivity contribution in [1.82, 2.24) is 24.9 Å². The molecule has 5 atom stereocenters. The Balaban J connectivity index is 1.28. The van der Waals surface area contributed by atoms with Gasteiger partial charge in [-0.2, -0.15) is 0 Å². The highest BCUT2D eigenvalue weighted by atomic mass is 32.2. The van der Waals surface area contributed by atoms with Crippen LogP contribution in [0.4, 0.5) is 8.78 Å². The maximum absolute atomic E-state index is 15.0. The number of sulfonamides is 1. The number of halogens is 2. The molecule has 0 unspecified atom stereocenters. The Bertz CT molecular complexity index is 1620. The number of carbonyl (C=O) groups excluding carboxylic acids is 3. The van der Waals surface area contributed by atoms with Gasteiger partial charge in [-0.3, -0.25) is 19.1 Å². The van der Waals surface area contributed by atoms with E-state index in [0.29, 0.717) is 42.4 Å². The van der Waals surface area contributed by atoms with Crippen LogP contribution in [0.5, 0.6) is 5.88 Å². The van der Waals surface area contributed by atoms with E-state index in [1.54, 1.807) is 13.0 Å². The van der Waals surface area contributed by atoms with Crippen molar-refractivity contribution in [2.45, 2.75) is 106 Å². The smallest absolute Gasteiger partial charge is 0.259 e. The predicted molar refractivity (Wildman–Crippen MR) is 158 cm³/mol. The third-order valence-corrected chi connectivity index (χ3v) is 11.1. The molecule has 12 nitrogen and oxygen atoms in total. The van der Waals surface area contributed by atoms with E-state index in [0.717, 1.165) is 0 Å². The molecule has 4 aliphatic rings. The zero-order valence-corrected chi connectivity index (χ0v) is 25.8. The van der Waals surface area contributed by atoms with Gasteiger partial charge < -0.3 is 20.7 Å². The van der Waals surface area contributed by atoms with Crippen molar-refractivity contribution in [2.24, 2.45) is 11.7 Å². The molecule has 3 amide bonds. The second kappa shape index (κ2) is 11.7. The zero-order valence-electron chi connectivity index (χ0n) is 25.0. The molecule has 2 saturated heterocycles. The quantitative estimate of drug-likeness (QED) is 0.439. The summed E-state index contributed by atoms with van der Waals surface area (Å²) in [6.45, 7) is 1.73. The number of ether oxygens (including phenoxy) is 1. The summed E-state index contributed by atoms with van der Waals surface area (Å²) in [5, 5.41) is 1.89. The third-order valence-electron chi connectivity index (χ3n) is 9.30. The van der Waals surface area contributed by atoms with Crippen LogP contribution in [-0.4, -0.2) is 82.5 Å². The normalized spacial score (nSPS) is 30.8. The van der Waals surface area contributed by atoms with E-state index >= 15 is 8.78 Å². The number of rotatable bonds is 5. The van der Waals surface area contributed by atoms with Crippen LogP contribution < -0.4 is 20.5 Å². The summed E-state index contributed by atoms with van der Waals surface area (Å²) >= 11 is 0. The Morgan fingerprint density at radius 3 is 2.51 bits per heavy atom. The third kappa shape index (κ3) is 6.60. The number of amides is 3. The van der Waals surface area contributed by atoms with Gasteiger partial charge in [0.2, 0.25) is 33.6 Å². The van der Waals surface area contributed by atoms with E-state index in [1.165, 1.54) is 4.90 Å². The first-order valence-corrected chi connectivity index (χ1v) is 17.0. The second-order valence-corrected chi connectivity index (χ2v) is 14.8. The van der Waals surface area contributed by atoms with Gasteiger partial charge in [0.05, 0.1) is 28.9 Å². The number of nitrogens with two attached hydrogens (primary N) is 1. The van der Waals surface area contributed by atoms with Crippen molar-refractivity contribution < 1.29 is 36.3 Å². The van der Waals surface area contributed by atoms with Crippen molar-refractivity contribution in [1.29, 1.82) is 0 Å². The molecule has 2 saturated carbocycles. The molecule has 3 heterocycles. The van der Waals surface area contributed by atoms with Crippen LogP contribution in [0.25, 0.3) is 11.0 Å². The fourth-order valence-corrected chi connectivity index (χ4v) is 7.85. The number of benzene rings is 1. The highest BCUT2D eigenvalue weighted by Crippen LogP contribution is 2.51. The van der Waals surface area contributed by atoms with Crippen molar-refractivity contribution in [3.8, 4) is 5.88 Å². The molecular weight excluding hydrogens is 610 g/mol. The number of aromatic nitrogens is 2. The fourth-order valence-electron chi connectivity index (χ4n) is 6.49. The van der Waals surface area contributed by atoms with Crippen molar-refractivity contribution >= 4 is 38.8 Å². The van der Waals surface area contributed by atoms with E-state index in [4.69, 9.17) is 10.5 Å². The van der Waals surface area contributed by atoms with Gasteiger partial charge in [-0.25, -0.2) is 27.2 Å². The van der Waals surface area contributed by atoms with Gasteiger partial charge in [0.1, 0.15) is 23.4 Å². The summed E-state index contributed by atoms with van der Waals surface area (Å²) in [6.07, 6.45) is 0.185. The molecule has 0 bridgehead atoms. The van der Waals surface area contributed by atoms with Gasteiger partial charge >= 0.3 is 0 Å². The minimum absolute atomic E-state index is 0.00464. The van der Waals surface area contributed by atoms with E-state index in [-0.39, 0.29) is 38.1 Å². The molecule has 6 rings (SSSR count). The van der Waals surface area contributed by atoms with Gasteiger partial charge in [-0.1, -0.05) is 25.0 Å². The lowest BCUT2D eigenvalue weighted by atomic mass is 10.0. The first-order chi connectivity index (χ1) is 21.3. The maximum Gasteiger partial charge on any atom is 0.259 e. The lowest BCUT2D eigenvalue weighted by Crippen LogP contribution is -2.58. The van der Waals surface area contributed by atoms with Crippen LogP contribution >= 0.6 is 0 Å². The SMILES string of the molecule is Cc1nc2ccccc2nc1O[C@@H]1C[C@H]2C(=O)N[C@]3(C(=O)NS(=O)(=O)C4CC4)C[C@H]3CC(F)(F)CCCCC[C@H](N)C(=O)N2C1. The van der Waals surface area contributed by atoms with Gasteiger partial charge in [0.25, 0.3) is 5.91 Å². The molecule has 0 radical (unpaired) electrons. The highest BCUT2D eigenvalue weighted by molar-refractivity contribution is 7.91. The summed E-state index contributed by atoms with van der Waals surface area (Å²) in [6, 6.07) is 5.15. The molecular formula is C30H38F2N6O6S. The minimum Gasteiger partial charge on any atom is -0.471 e. The lowest BCUT2D eigenvalue weighted by molar-refractivity contribution is -0.140. The number of nitrogens with one attached hydrogen (secondary N) is 2. The summed E-state index contributed by atoms with van der Waals surface area (Å²) in [4.78, 5) is 51.3. The minimum atomic E-state index is -4.01. The predicted octanol–water partition coefficient (Wildman–Crippen LogP) is 2.09. The number of aryl methyl sites for hydroxylation is 1. The van der Waals surface area contributed by atoms with E-state index in [9.17, 15) is 22.8 Å². The van der Waals surface area contributed by atoms with Crippen LogP contribution in [0, 0.1) is 12.8 Å². The number of carbonyl (C=O) groups is 3. The second-order valence-electron chi connectivity index (χ2n) is 12.9. The monoisotopic (exact) mass is 648 g/mol. The number of nitrogens with zero attached hydrogens (tertiary/aromatic N) is 3. The Labute approximate surface area is 259 Å². The first kappa shape index (κ1) is 31.5. The Hall–Kier alpha value is -3.46. The number of fused-ring (bicyclic) bond motifs is 3. The molecule has 45 heavy (non-hydrogen) atoms. The molecule has 4 fully saturated rings. The van der Waals surface area contributed by atoms with E-state index in [1.807, 2.05) is 22.9 Å². The molecule has 15 heteroatoms. The fraction of sp³-hybridized carbons (Fsp3) is 0.633. The molecule has 1 aromatic carbocycles. The van der Waals surface area contributed by atoms with E-state index < -0.39 is 81.4 Å². The van der Waals surface area contributed by atoms with Crippen molar-refractivity contribution in [2.75, 3.05) is 6.54 Å². The van der Waals surface area contributed by atoms with E-state index in [2.05, 4.69) is 15.3 Å². The zero-order chi connectivity index (χ0) is 32.1. The molecule has 0 spiro atoms. The van der Waals surface area contributed by atoms with Crippen LogP contribution in [0.3, 0.4) is 0 Å². The molecule has 2 aliphatic heterocycles. The molecule has 244 valence electrons. The maximum atomic E-state index is 15.0. The van der Waals surface area contributed by atoms with Gasteiger partial charge in [0.15, 0.2) is 0 Å². The largest absolute Gasteiger partial charge is 0.471 e. The standard InChI is InChI=1S/C30H38F2N6O6S/c1-17-26(35-23-9-5-4-8-22(23)34-17)44-19-13-24-25(39)36-30(28(41)37-45(42,43)20-10-11-20)15-18(30)14-29(31,32)12-6-2-3-7-21(33)27(40)38(24)16-19/h4-5,8-9,18-21,24H,2-3,6-7,10-16,33H2,1H3,(H,36,39)(H,37,41)/t18-,19-,21+,24+,30-/m1/s1. The summed E-state index contributed by atoms with van der Waals surface area (Å²) in [5.41, 5.74) is 6.20. The number of hydrogen-bond acceptors (Lipinski definition) is 9. The first-order valence-electron chi connectivity index (χ1n) is 15.5. The molecule has 4 N–H and O–H groups in total. The van der Waals surface area contributed by atoms with Gasteiger partial charge in [0, 0.05) is 19.3 Å². The number of alkyl halides is 2. The number of para-hydroxylation sites is 2.